The standard InChI is InChI=1S/C14H17F2N3/c15-14(16)11-6-10(7-12(11)14)19-13(17)18-8-9-4-2-1-3-5-9/h1-5,10-12H,6-8H2,(H3,17,18,19). The Morgan fingerprint density at radius 2 is 1.89 bits per heavy atom. The zero-order valence-corrected chi connectivity index (χ0v) is 10.5. The van der Waals surface area contributed by atoms with Gasteiger partial charge in [0.25, 0.3) is 5.92 Å². The summed E-state index contributed by atoms with van der Waals surface area (Å²) in [6, 6.07) is 9.83. The number of hydrogen-bond donors (Lipinski definition) is 2. The average Bonchev–Trinajstić information content (AvgIpc) is 2.79. The third kappa shape index (κ3) is 2.41. The van der Waals surface area contributed by atoms with E-state index in [-0.39, 0.29) is 6.04 Å². The molecule has 3 nitrogen and oxygen atoms in total. The summed E-state index contributed by atoms with van der Waals surface area (Å²) in [5, 5.41) is 3.04. The van der Waals surface area contributed by atoms with Crippen LogP contribution >= 0.6 is 0 Å². The second-order valence-electron chi connectivity index (χ2n) is 5.39. The van der Waals surface area contributed by atoms with E-state index in [9.17, 15) is 8.78 Å². The summed E-state index contributed by atoms with van der Waals surface area (Å²) in [5.74, 6) is -2.95. The zero-order valence-electron chi connectivity index (χ0n) is 10.5. The number of nitrogens with two attached hydrogens (primary N) is 1. The Morgan fingerprint density at radius 1 is 1.26 bits per heavy atom. The van der Waals surface area contributed by atoms with Gasteiger partial charge in [-0.05, 0) is 18.4 Å². The number of fused-ring (bicyclic) bond motifs is 1. The second-order valence-corrected chi connectivity index (χ2v) is 5.39. The van der Waals surface area contributed by atoms with Gasteiger partial charge in [-0.1, -0.05) is 30.3 Å². The second kappa shape index (κ2) is 4.47. The van der Waals surface area contributed by atoms with E-state index in [4.69, 9.17) is 5.73 Å². The van der Waals surface area contributed by atoms with Gasteiger partial charge in [0, 0.05) is 17.9 Å². The van der Waals surface area contributed by atoms with Crippen LogP contribution in [0, 0.1) is 11.8 Å². The molecule has 2 aliphatic rings. The number of nitrogens with one attached hydrogen (secondary N) is 1. The Kier molecular flexibility index (Phi) is 2.92. The summed E-state index contributed by atoms with van der Waals surface area (Å²) in [6.45, 7) is 0.509. The molecule has 0 aliphatic heterocycles. The molecule has 2 aliphatic carbocycles. The van der Waals surface area contributed by atoms with Gasteiger partial charge in [-0.15, -0.1) is 0 Å². The highest BCUT2D eigenvalue weighted by atomic mass is 19.3. The molecule has 1 aromatic rings. The number of hydrogen-bond acceptors (Lipinski definition) is 1. The van der Waals surface area contributed by atoms with Gasteiger partial charge >= 0.3 is 0 Å². The van der Waals surface area contributed by atoms with E-state index in [1.54, 1.807) is 0 Å². The molecule has 5 heteroatoms. The van der Waals surface area contributed by atoms with Gasteiger partial charge < -0.3 is 11.1 Å². The lowest BCUT2D eigenvalue weighted by molar-refractivity contribution is 0.0687. The van der Waals surface area contributed by atoms with Crippen molar-refractivity contribution >= 4 is 5.96 Å². The van der Waals surface area contributed by atoms with Gasteiger partial charge in [-0.2, -0.15) is 0 Å². The SMILES string of the molecule is NC(=NCc1ccccc1)NC1CC2C(C1)C2(F)F. The van der Waals surface area contributed by atoms with Crippen molar-refractivity contribution in [3.05, 3.63) is 35.9 Å². The van der Waals surface area contributed by atoms with Crippen molar-refractivity contribution in [2.45, 2.75) is 31.4 Å². The molecular formula is C14H17F2N3. The lowest BCUT2D eigenvalue weighted by Crippen LogP contribution is -2.40. The number of nitrogens with zero attached hydrogens (tertiary/aromatic N) is 1. The zero-order chi connectivity index (χ0) is 13.5. The first-order valence-corrected chi connectivity index (χ1v) is 6.55. The molecule has 19 heavy (non-hydrogen) atoms. The number of halogens is 2. The first-order valence-electron chi connectivity index (χ1n) is 6.55. The van der Waals surface area contributed by atoms with E-state index in [0.717, 1.165) is 5.56 Å². The minimum absolute atomic E-state index is 0.0501. The molecule has 2 saturated carbocycles. The highest BCUT2D eigenvalue weighted by molar-refractivity contribution is 5.78. The fraction of sp³-hybridized carbons (Fsp3) is 0.500. The number of benzene rings is 1. The maximum absolute atomic E-state index is 13.0. The lowest BCUT2D eigenvalue weighted by atomic mass is 10.1. The maximum atomic E-state index is 13.0. The van der Waals surface area contributed by atoms with Crippen LogP contribution in [0.5, 0.6) is 0 Å². The van der Waals surface area contributed by atoms with E-state index in [1.807, 2.05) is 30.3 Å². The fourth-order valence-corrected chi connectivity index (χ4v) is 2.95. The summed E-state index contributed by atoms with van der Waals surface area (Å²) in [4.78, 5) is 4.23. The Morgan fingerprint density at radius 3 is 2.53 bits per heavy atom. The number of aliphatic imine (C=N–C) groups is 1. The van der Waals surface area contributed by atoms with Gasteiger partial charge in [0.05, 0.1) is 6.54 Å². The van der Waals surface area contributed by atoms with Gasteiger partial charge in [0.15, 0.2) is 5.96 Å². The number of alkyl halides is 2. The van der Waals surface area contributed by atoms with Crippen molar-refractivity contribution in [3.63, 3.8) is 0 Å². The van der Waals surface area contributed by atoms with Crippen molar-refractivity contribution in [2.24, 2.45) is 22.6 Å². The van der Waals surface area contributed by atoms with Gasteiger partial charge in [-0.3, -0.25) is 0 Å². The van der Waals surface area contributed by atoms with E-state index >= 15 is 0 Å². The summed E-state index contributed by atoms with van der Waals surface area (Å²) in [6.07, 6.45) is 0.998. The summed E-state index contributed by atoms with van der Waals surface area (Å²) in [5.41, 5.74) is 6.86. The molecule has 3 N–H and O–H groups in total. The van der Waals surface area contributed by atoms with Gasteiger partial charge in [0.1, 0.15) is 0 Å². The summed E-state index contributed by atoms with van der Waals surface area (Å²) in [7, 11) is 0. The van der Waals surface area contributed by atoms with E-state index < -0.39 is 17.8 Å². The normalized spacial score (nSPS) is 31.9. The molecule has 0 heterocycles. The van der Waals surface area contributed by atoms with Crippen LogP contribution in [0.25, 0.3) is 0 Å². The molecule has 0 amide bonds. The minimum Gasteiger partial charge on any atom is -0.370 e. The van der Waals surface area contributed by atoms with E-state index in [0.29, 0.717) is 25.3 Å². The average molecular weight is 265 g/mol. The molecule has 0 saturated heterocycles. The van der Waals surface area contributed by atoms with Gasteiger partial charge in [0.2, 0.25) is 0 Å². The first-order chi connectivity index (χ1) is 9.07. The smallest absolute Gasteiger partial charge is 0.254 e. The van der Waals surface area contributed by atoms with Crippen LogP contribution in [0.3, 0.4) is 0 Å². The van der Waals surface area contributed by atoms with Crippen LogP contribution < -0.4 is 11.1 Å². The molecule has 0 bridgehead atoms. The minimum atomic E-state index is -2.42. The lowest BCUT2D eigenvalue weighted by Gasteiger charge is -2.16. The third-order valence-corrected chi connectivity index (χ3v) is 4.07. The van der Waals surface area contributed by atoms with Crippen LogP contribution in [0.1, 0.15) is 18.4 Å². The maximum Gasteiger partial charge on any atom is 0.254 e. The predicted octanol–water partition coefficient (Wildman–Crippen LogP) is 2.13. The summed E-state index contributed by atoms with van der Waals surface area (Å²) >= 11 is 0. The molecule has 3 rings (SSSR count). The van der Waals surface area contributed by atoms with Crippen molar-refractivity contribution in [1.29, 1.82) is 0 Å². The first kappa shape index (κ1) is 12.4. The molecule has 0 spiro atoms. The van der Waals surface area contributed by atoms with Crippen LogP contribution in [-0.2, 0) is 6.54 Å². The molecule has 0 aromatic heterocycles. The molecule has 2 unspecified atom stereocenters. The predicted molar refractivity (Wildman–Crippen MR) is 69.9 cm³/mol. The van der Waals surface area contributed by atoms with Crippen LogP contribution in [0.2, 0.25) is 0 Å². The Bertz CT molecular complexity index is 473. The van der Waals surface area contributed by atoms with Gasteiger partial charge in [-0.25, -0.2) is 13.8 Å². The topological polar surface area (TPSA) is 50.4 Å². The molecule has 2 fully saturated rings. The monoisotopic (exact) mass is 265 g/mol. The quantitative estimate of drug-likeness (QED) is 0.650. The highest BCUT2D eigenvalue weighted by Gasteiger charge is 2.71. The molecular weight excluding hydrogens is 248 g/mol. The van der Waals surface area contributed by atoms with Crippen molar-refractivity contribution in [3.8, 4) is 0 Å². The highest BCUT2D eigenvalue weighted by Crippen LogP contribution is 2.63. The van der Waals surface area contributed by atoms with Crippen LogP contribution in [0.4, 0.5) is 8.78 Å². The Labute approximate surface area is 110 Å². The molecule has 102 valence electrons. The van der Waals surface area contributed by atoms with E-state index in [1.165, 1.54) is 0 Å². The Hall–Kier alpha value is -1.65. The van der Waals surface area contributed by atoms with Crippen molar-refractivity contribution < 1.29 is 8.78 Å². The third-order valence-electron chi connectivity index (χ3n) is 4.07. The van der Waals surface area contributed by atoms with Crippen molar-refractivity contribution in [1.82, 2.24) is 5.32 Å². The molecule has 1 aromatic carbocycles. The van der Waals surface area contributed by atoms with Crippen LogP contribution in [-0.4, -0.2) is 17.9 Å². The fourth-order valence-electron chi connectivity index (χ4n) is 2.95. The van der Waals surface area contributed by atoms with Crippen LogP contribution in [0.15, 0.2) is 35.3 Å². The number of rotatable bonds is 3. The van der Waals surface area contributed by atoms with E-state index in [2.05, 4.69) is 10.3 Å². The molecule has 2 atom stereocenters. The molecule has 0 radical (unpaired) electrons. The van der Waals surface area contributed by atoms with Crippen molar-refractivity contribution in [2.75, 3.05) is 0 Å². The number of guanidine groups is 1. The summed E-state index contributed by atoms with van der Waals surface area (Å²) < 4.78 is 26.1. The Balaban J connectivity index is 1.49. The largest absolute Gasteiger partial charge is 0.370 e.